The summed E-state index contributed by atoms with van der Waals surface area (Å²) in [5.41, 5.74) is 1.36. The number of H-pyrrole nitrogens is 1. The number of aryl methyl sites for hydroxylation is 2. The van der Waals surface area contributed by atoms with Crippen molar-refractivity contribution in [2.45, 2.75) is 20.0 Å². The summed E-state index contributed by atoms with van der Waals surface area (Å²) in [6, 6.07) is 8.87. The highest BCUT2D eigenvalue weighted by Gasteiger charge is 2.34. The average molecular weight is 367 g/mol. The Morgan fingerprint density at radius 1 is 1.12 bits per heavy atom. The van der Waals surface area contributed by atoms with Crippen LogP contribution in [-0.4, -0.2) is 10.9 Å². The third kappa shape index (κ3) is 3.35. The third-order valence-electron chi connectivity index (χ3n) is 3.98. The van der Waals surface area contributed by atoms with E-state index in [1.54, 1.807) is 6.92 Å². The minimum absolute atomic E-state index is 0.0532. The molecule has 0 unspecified atom stereocenters. The Morgan fingerprint density at radius 2 is 1.84 bits per heavy atom. The second kappa shape index (κ2) is 6.11. The molecule has 3 rings (SSSR count). The Hall–Kier alpha value is -2.47. The fourth-order valence-corrected chi connectivity index (χ4v) is 2.88. The number of fused-ring (bicyclic) bond motifs is 1. The molecule has 0 fully saturated rings. The van der Waals surface area contributed by atoms with E-state index in [0.29, 0.717) is 5.56 Å². The van der Waals surface area contributed by atoms with Crippen LogP contribution in [0.5, 0.6) is 0 Å². The number of carbonyl (C=O) groups is 1. The maximum atomic E-state index is 13.2. The zero-order valence-electron chi connectivity index (χ0n) is 13.4. The standard InChI is InChI=1S/C18H14ClF3N2O/c1-9-3-5-14-12(7-9)10(2)16(23-14)17(25)24-15-6-4-11(19)8-13(15)18(20,21)22/h3-8,23H,1-2H3,(H,24,25). The summed E-state index contributed by atoms with van der Waals surface area (Å²) in [6.45, 7) is 3.68. The molecule has 0 bridgehead atoms. The van der Waals surface area contributed by atoms with Crippen molar-refractivity contribution in [1.82, 2.24) is 4.98 Å². The Balaban J connectivity index is 2.00. The van der Waals surface area contributed by atoms with Crippen LogP contribution in [0.3, 0.4) is 0 Å². The number of hydrogen-bond acceptors (Lipinski definition) is 1. The molecule has 1 amide bonds. The van der Waals surface area contributed by atoms with Gasteiger partial charge in [0, 0.05) is 15.9 Å². The molecule has 25 heavy (non-hydrogen) atoms. The first-order chi connectivity index (χ1) is 11.7. The van der Waals surface area contributed by atoms with E-state index in [-0.39, 0.29) is 16.4 Å². The summed E-state index contributed by atoms with van der Waals surface area (Å²) >= 11 is 5.65. The summed E-state index contributed by atoms with van der Waals surface area (Å²) < 4.78 is 39.5. The monoisotopic (exact) mass is 366 g/mol. The lowest BCUT2D eigenvalue weighted by Crippen LogP contribution is -2.17. The van der Waals surface area contributed by atoms with Gasteiger partial charge in [-0.25, -0.2) is 0 Å². The molecule has 0 spiro atoms. The number of nitrogens with one attached hydrogen (secondary N) is 2. The van der Waals surface area contributed by atoms with Gasteiger partial charge in [0.25, 0.3) is 5.91 Å². The topological polar surface area (TPSA) is 44.9 Å². The number of halogens is 4. The van der Waals surface area contributed by atoms with Gasteiger partial charge in [0.1, 0.15) is 5.69 Å². The Bertz CT molecular complexity index is 976. The first-order valence-electron chi connectivity index (χ1n) is 7.44. The fraction of sp³-hybridized carbons (Fsp3) is 0.167. The molecule has 0 aliphatic rings. The van der Waals surface area contributed by atoms with E-state index in [1.165, 1.54) is 6.07 Å². The second-order valence-electron chi connectivity index (χ2n) is 5.82. The molecule has 1 heterocycles. The molecule has 130 valence electrons. The number of carbonyl (C=O) groups excluding carboxylic acids is 1. The van der Waals surface area contributed by atoms with Crippen LogP contribution in [0.1, 0.15) is 27.2 Å². The van der Waals surface area contributed by atoms with Crippen LogP contribution in [0.15, 0.2) is 36.4 Å². The van der Waals surface area contributed by atoms with Crippen molar-refractivity contribution in [1.29, 1.82) is 0 Å². The van der Waals surface area contributed by atoms with Gasteiger partial charge in [-0.05, 0) is 49.7 Å². The summed E-state index contributed by atoms with van der Waals surface area (Å²) in [6.07, 6.45) is -4.62. The van der Waals surface area contributed by atoms with Crippen molar-refractivity contribution < 1.29 is 18.0 Å². The Kier molecular flexibility index (Phi) is 4.24. The van der Waals surface area contributed by atoms with E-state index >= 15 is 0 Å². The third-order valence-corrected chi connectivity index (χ3v) is 4.21. The minimum Gasteiger partial charge on any atom is -0.350 e. The van der Waals surface area contributed by atoms with E-state index < -0.39 is 17.6 Å². The van der Waals surface area contributed by atoms with Crippen molar-refractivity contribution in [3.05, 3.63) is 63.8 Å². The highest BCUT2D eigenvalue weighted by Crippen LogP contribution is 2.36. The number of aromatic amines is 1. The summed E-state index contributed by atoms with van der Waals surface area (Å²) in [4.78, 5) is 15.5. The molecule has 3 aromatic rings. The Morgan fingerprint density at radius 3 is 2.52 bits per heavy atom. The minimum atomic E-state index is -4.62. The van der Waals surface area contributed by atoms with Crippen molar-refractivity contribution in [3.63, 3.8) is 0 Å². The smallest absolute Gasteiger partial charge is 0.350 e. The maximum absolute atomic E-state index is 13.2. The van der Waals surface area contributed by atoms with Crippen LogP contribution in [0.2, 0.25) is 5.02 Å². The molecule has 2 N–H and O–H groups in total. The van der Waals surface area contributed by atoms with Gasteiger partial charge in [0.2, 0.25) is 0 Å². The van der Waals surface area contributed by atoms with Crippen LogP contribution < -0.4 is 5.32 Å². The van der Waals surface area contributed by atoms with Gasteiger partial charge in [-0.1, -0.05) is 23.2 Å². The quantitative estimate of drug-likeness (QED) is 0.599. The fourth-order valence-electron chi connectivity index (χ4n) is 2.71. The van der Waals surface area contributed by atoms with Gasteiger partial charge in [-0.15, -0.1) is 0 Å². The van der Waals surface area contributed by atoms with Gasteiger partial charge >= 0.3 is 6.18 Å². The number of hydrogen-bond donors (Lipinski definition) is 2. The van der Waals surface area contributed by atoms with E-state index in [0.717, 1.165) is 28.6 Å². The number of aromatic nitrogens is 1. The predicted octanol–water partition coefficient (Wildman–Crippen LogP) is 5.71. The van der Waals surface area contributed by atoms with E-state index in [9.17, 15) is 18.0 Å². The van der Waals surface area contributed by atoms with Crippen molar-refractivity contribution >= 4 is 34.1 Å². The zero-order chi connectivity index (χ0) is 18.4. The molecule has 0 aliphatic heterocycles. The van der Waals surface area contributed by atoms with Crippen LogP contribution in [0, 0.1) is 13.8 Å². The number of anilines is 1. The molecule has 7 heteroatoms. The highest BCUT2D eigenvalue weighted by molar-refractivity contribution is 6.30. The molecule has 0 saturated heterocycles. The molecule has 0 aliphatic carbocycles. The molecule has 0 radical (unpaired) electrons. The second-order valence-corrected chi connectivity index (χ2v) is 6.25. The number of rotatable bonds is 2. The highest BCUT2D eigenvalue weighted by atomic mass is 35.5. The van der Waals surface area contributed by atoms with Gasteiger partial charge in [-0.2, -0.15) is 13.2 Å². The molecule has 3 nitrogen and oxygen atoms in total. The van der Waals surface area contributed by atoms with Crippen molar-refractivity contribution in [3.8, 4) is 0 Å². The normalized spacial score (nSPS) is 11.8. The summed E-state index contributed by atoms with van der Waals surface area (Å²) in [7, 11) is 0. The van der Waals surface area contributed by atoms with Crippen molar-refractivity contribution in [2.75, 3.05) is 5.32 Å². The van der Waals surface area contributed by atoms with Crippen LogP contribution >= 0.6 is 11.6 Å². The average Bonchev–Trinajstić information content (AvgIpc) is 2.85. The lowest BCUT2D eigenvalue weighted by atomic mass is 10.1. The molecular formula is C18H14ClF3N2O. The molecular weight excluding hydrogens is 353 g/mol. The van der Waals surface area contributed by atoms with Crippen LogP contribution in [-0.2, 0) is 6.18 Å². The van der Waals surface area contributed by atoms with E-state index in [4.69, 9.17) is 11.6 Å². The molecule has 0 saturated carbocycles. The number of alkyl halides is 3. The number of benzene rings is 2. The first-order valence-corrected chi connectivity index (χ1v) is 7.81. The summed E-state index contributed by atoms with van der Waals surface area (Å²) in [5, 5.41) is 3.13. The van der Waals surface area contributed by atoms with E-state index in [2.05, 4.69) is 10.3 Å². The van der Waals surface area contributed by atoms with Gasteiger partial charge in [-0.3, -0.25) is 4.79 Å². The first kappa shape index (κ1) is 17.4. The zero-order valence-corrected chi connectivity index (χ0v) is 14.1. The van der Waals surface area contributed by atoms with Crippen molar-refractivity contribution in [2.24, 2.45) is 0 Å². The summed E-state index contributed by atoms with van der Waals surface area (Å²) in [5.74, 6) is -0.640. The maximum Gasteiger partial charge on any atom is 0.418 e. The van der Waals surface area contributed by atoms with Crippen LogP contribution in [0.4, 0.5) is 18.9 Å². The van der Waals surface area contributed by atoms with E-state index in [1.807, 2.05) is 25.1 Å². The lowest BCUT2D eigenvalue weighted by molar-refractivity contribution is -0.136. The van der Waals surface area contributed by atoms with Gasteiger partial charge in [0.05, 0.1) is 11.3 Å². The van der Waals surface area contributed by atoms with Crippen LogP contribution in [0.25, 0.3) is 10.9 Å². The number of amides is 1. The molecule has 2 aromatic carbocycles. The van der Waals surface area contributed by atoms with Gasteiger partial charge < -0.3 is 10.3 Å². The Labute approximate surface area is 146 Å². The SMILES string of the molecule is Cc1ccc2[nH]c(C(=O)Nc3ccc(Cl)cc3C(F)(F)F)c(C)c2c1. The largest absolute Gasteiger partial charge is 0.418 e. The predicted molar refractivity (Wildman–Crippen MR) is 92.2 cm³/mol. The van der Waals surface area contributed by atoms with Gasteiger partial charge in [0.15, 0.2) is 0 Å². The molecule has 0 atom stereocenters. The molecule has 1 aromatic heterocycles. The lowest BCUT2D eigenvalue weighted by Gasteiger charge is -2.14.